The Morgan fingerprint density at radius 2 is 1.80 bits per heavy atom. The highest BCUT2D eigenvalue weighted by molar-refractivity contribution is 5.78. The molecular weight excluding hydrogens is 336 g/mol. The number of anilines is 1. The van der Waals surface area contributed by atoms with Gasteiger partial charge in [0.25, 0.3) is 11.8 Å². The third kappa shape index (κ3) is 3.74. The van der Waals surface area contributed by atoms with Crippen LogP contribution in [0.15, 0.2) is 47.1 Å². The number of hydrogen-bond acceptors (Lipinski definition) is 7. The molecule has 1 atom stereocenters. The molecule has 2 aromatic heterocycles. The summed E-state index contributed by atoms with van der Waals surface area (Å²) in [6, 6.07) is 7.47. The van der Waals surface area contributed by atoms with Crippen LogP contribution < -0.4 is 5.32 Å². The summed E-state index contributed by atoms with van der Waals surface area (Å²) in [5.74, 6) is -2.00. The quantitative estimate of drug-likeness (QED) is 0.699. The van der Waals surface area contributed by atoms with Gasteiger partial charge in [0.05, 0.1) is 5.56 Å². The van der Waals surface area contributed by atoms with E-state index in [0.29, 0.717) is 5.56 Å². The molecule has 0 radical (unpaired) electrons. The van der Waals surface area contributed by atoms with Gasteiger partial charge in [-0.25, -0.2) is 14.8 Å². The lowest BCUT2D eigenvalue weighted by Gasteiger charge is -2.14. The summed E-state index contributed by atoms with van der Waals surface area (Å²) in [4.78, 5) is 19.3. The van der Waals surface area contributed by atoms with Crippen molar-refractivity contribution < 1.29 is 23.1 Å². The Morgan fingerprint density at radius 3 is 2.36 bits per heavy atom. The van der Waals surface area contributed by atoms with Crippen LogP contribution in [0.4, 0.5) is 14.7 Å². The number of carboxylic acids is 1. The molecule has 0 aliphatic rings. The lowest BCUT2D eigenvalue weighted by molar-refractivity contribution is -0.138. The minimum Gasteiger partial charge on any atom is -0.479 e. The van der Waals surface area contributed by atoms with Crippen LogP contribution in [0.2, 0.25) is 0 Å². The van der Waals surface area contributed by atoms with Crippen molar-refractivity contribution in [2.45, 2.75) is 12.5 Å². The molecule has 0 saturated heterocycles. The highest BCUT2D eigenvalue weighted by atomic mass is 19.3. The Labute approximate surface area is 139 Å². The number of rotatable bonds is 6. The highest BCUT2D eigenvalue weighted by Crippen LogP contribution is 2.23. The van der Waals surface area contributed by atoms with Gasteiger partial charge in [0.2, 0.25) is 5.95 Å². The minimum absolute atomic E-state index is 0.0496. The van der Waals surface area contributed by atoms with Crippen molar-refractivity contribution in [3.63, 3.8) is 0 Å². The molecule has 0 unspecified atom stereocenters. The van der Waals surface area contributed by atoms with Crippen molar-refractivity contribution in [3.05, 3.63) is 54.2 Å². The minimum atomic E-state index is -2.87. The van der Waals surface area contributed by atoms with E-state index in [1.165, 1.54) is 12.4 Å². The second-order valence-corrected chi connectivity index (χ2v) is 4.87. The molecule has 0 fully saturated rings. The van der Waals surface area contributed by atoms with Crippen molar-refractivity contribution >= 4 is 11.9 Å². The maximum absolute atomic E-state index is 12.4. The molecule has 0 aliphatic heterocycles. The Morgan fingerprint density at radius 1 is 1.12 bits per heavy atom. The fourth-order valence-corrected chi connectivity index (χ4v) is 2.01. The average Bonchev–Trinajstić information content (AvgIpc) is 3.11. The molecule has 1 aromatic carbocycles. The summed E-state index contributed by atoms with van der Waals surface area (Å²) < 4.78 is 29.7. The summed E-state index contributed by atoms with van der Waals surface area (Å²) in [6.45, 7) is 0. The van der Waals surface area contributed by atoms with Gasteiger partial charge in [-0.15, -0.1) is 10.2 Å². The number of benzene rings is 1. The van der Waals surface area contributed by atoms with Crippen molar-refractivity contribution in [2.75, 3.05) is 5.32 Å². The first-order valence-electron chi connectivity index (χ1n) is 7.03. The van der Waals surface area contributed by atoms with Crippen LogP contribution in [0.5, 0.6) is 0 Å². The predicted octanol–water partition coefficient (Wildman–Crippen LogP) is 2.70. The van der Waals surface area contributed by atoms with Gasteiger partial charge >= 0.3 is 12.4 Å². The van der Waals surface area contributed by atoms with Gasteiger partial charge in [0, 0.05) is 12.4 Å². The molecule has 10 heteroatoms. The number of hydrogen-bond donors (Lipinski definition) is 2. The Hall–Kier alpha value is -3.43. The van der Waals surface area contributed by atoms with E-state index >= 15 is 0 Å². The van der Waals surface area contributed by atoms with Crippen molar-refractivity contribution in [2.24, 2.45) is 0 Å². The van der Waals surface area contributed by atoms with Gasteiger partial charge in [-0.3, -0.25) is 0 Å². The third-order valence-corrected chi connectivity index (χ3v) is 3.18. The normalized spacial score (nSPS) is 12.1. The Bertz CT molecular complexity index is 855. The van der Waals surface area contributed by atoms with Crippen LogP contribution in [0.3, 0.4) is 0 Å². The largest absolute Gasteiger partial charge is 0.479 e. The number of aromatic nitrogens is 4. The Balaban J connectivity index is 1.78. The molecule has 2 N–H and O–H groups in total. The van der Waals surface area contributed by atoms with Gasteiger partial charge in [0.15, 0.2) is 6.04 Å². The molecule has 0 saturated carbocycles. The monoisotopic (exact) mass is 347 g/mol. The van der Waals surface area contributed by atoms with E-state index in [4.69, 9.17) is 4.42 Å². The van der Waals surface area contributed by atoms with Crippen molar-refractivity contribution in [1.29, 1.82) is 0 Å². The average molecular weight is 347 g/mol. The van der Waals surface area contributed by atoms with E-state index in [9.17, 15) is 18.7 Å². The number of aliphatic carboxylic acids is 1. The first-order chi connectivity index (χ1) is 12.0. The van der Waals surface area contributed by atoms with E-state index in [-0.39, 0.29) is 17.4 Å². The molecule has 0 aliphatic carbocycles. The fourth-order valence-electron chi connectivity index (χ4n) is 2.01. The van der Waals surface area contributed by atoms with Gasteiger partial charge < -0.3 is 14.8 Å². The zero-order valence-corrected chi connectivity index (χ0v) is 12.5. The van der Waals surface area contributed by atoms with Gasteiger partial charge in [-0.1, -0.05) is 30.3 Å². The standard InChI is InChI=1S/C15H11F2N5O3/c16-11(17)13-22-21-12(25-13)9-6-18-15(19-7-9)20-10(14(23)24)8-4-2-1-3-5-8/h1-7,10-11H,(H,23,24)(H,18,19,20)/t10-/m1/s1. The van der Waals surface area contributed by atoms with Gasteiger partial charge in [0.1, 0.15) is 0 Å². The van der Waals surface area contributed by atoms with Gasteiger partial charge in [-0.2, -0.15) is 8.78 Å². The summed E-state index contributed by atoms with van der Waals surface area (Å²) in [7, 11) is 0. The number of alkyl halides is 2. The van der Waals surface area contributed by atoms with Crippen LogP contribution in [-0.4, -0.2) is 31.2 Å². The number of nitrogens with one attached hydrogen (secondary N) is 1. The fraction of sp³-hybridized carbons (Fsp3) is 0.133. The second kappa shape index (κ2) is 6.99. The van der Waals surface area contributed by atoms with E-state index in [1.807, 2.05) is 0 Å². The Kier molecular flexibility index (Phi) is 4.59. The van der Waals surface area contributed by atoms with Crippen LogP contribution >= 0.6 is 0 Å². The van der Waals surface area contributed by atoms with E-state index in [0.717, 1.165) is 0 Å². The zero-order valence-electron chi connectivity index (χ0n) is 12.5. The van der Waals surface area contributed by atoms with Gasteiger partial charge in [-0.05, 0) is 5.56 Å². The van der Waals surface area contributed by atoms with Crippen LogP contribution in [0.1, 0.15) is 23.9 Å². The first kappa shape index (κ1) is 16.4. The lowest BCUT2D eigenvalue weighted by atomic mass is 10.1. The number of nitrogens with zero attached hydrogens (tertiary/aromatic N) is 4. The van der Waals surface area contributed by atoms with Crippen molar-refractivity contribution in [1.82, 2.24) is 20.2 Å². The van der Waals surface area contributed by atoms with Crippen LogP contribution in [0.25, 0.3) is 11.5 Å². The second-order valence-electron chi connectivity index (χ2n) is 4.87. The predicted molar refractivity (Wildman–Crippen MR) is 80.7 cm³/mol. The molecule has 3 aromatic rings. The number of carbonyl (C=O) groups is 1. The van der Waals surface area contributed by atoms with E-state index < -0.39 is 24.3 Å². The maximum Gasteiger partial charge on any atom is 0.330 e. The molecule has 25 heavy (non-hydrogen) atoms. The maximum atomic E-state index is 12.4. The molecule has 0 spiro atoms. The molecule has 2 heterocycles. The first-order valence-corrected chi connectivity index (χ1v) is 7.03. The third-order valence-electron chi connectivity index (χ3n) is 3.18. The number of carboxylic acid groups (broad SMARTS) is 1. The van der Waals surface area contributed by atoms with E-state index in [1.54, 1.807) is 30.3 Å². The molecule has 0 bridgehead atoms. The summed E-state index contributed by atoms with van der Waals surface area (Å²) >= 11 is 0. The topological polar surface area (TPSA) is 114 Å². The van der Waals surface area contributed by atoms with Crippen LogP contribution in [-0.2, 0) is 4.79 Å². The van der Waals surface area contributed by atoms with E-state index in [2.05, 4.69) is 25.5 Å². The zero-order chi connectivity index (χ0) is 17.8. The SMILES string of the molecule is O=C(O)[C@H](Nc1ncc(-c2nnc(C(F)F)o2)cn1)c1ccccc1. The highest BCUT2D eigenvalue weighted by Gasteiger charge is 2.21. The van der Waals surface area contributed by atoms with Crippen molar-refractivity contribution in [3.8, 4) is 11.5 Å². The van der Waals surface area contributed by atoms with Crippen LogP contribution in [0, 0.1) is 0 Å². The smallest absolute Gasteiger partial charge is 0.330 e. The summed E-state index contributed by atoms with van der Waals surface area (Å²) in [5, 5.41) is 18.7. The molecular formula is C15H11F2N5O3. The molecule has 0 amide bonds. The summed E-state index contributed by atoms with van der Waals surface area (Å²) in [6.07, 6.45) is -0.338. The molecule has 3 rings (SSSR count). The molecule has 128 valence electrons. The summed E-state index contributed by atoms with van der Waals surface area (Å²) in [5.41, 5.74) is 0.762. The number of halogens is 2. The lowest BCUT2D eigenvalue weighted by Crippen LogP contribution is -2.21. The molecule has 8 nitrogen and oxygen atoms in total.